The van der Waals surface area contributed by atoms with E-state index in [1.54, 1.807) is 44.2 Å². The van der Waals surface area contributed by atoms with Crippen LogP contribution in [0.15, 0.2) is 47.3 Å². The highest BCUT2D eigenvalue weighted by atomic mass is 32.2. The lowest BCUT2D eigenvalue weighted by atomic mass is 9.93. The molecular weight excluding hydrogens is 489 g/mol. The number of sulfonamides is 1. The van der Waals surface area contributed by atoms with Crippen molar-refractivity contribution in [1.29, 1.82) is 0 Å². The molecule has 3 rings (SSSR count). The quantitative estimate of drug-likeness (QED) is 0.298. The predicted octanol–water partition coefficient (Wildman–Crippen LogP) is 1.20. The molecule has 0 saturated heterocycles. The monoisotopic (exact) mass is 517 g/mol. The Morgan fingerprint density at radius 1 is 1.11 bits per heavy atom. The topological polar surface area (TPSA) is 164 Å². The number of halogens is 1. The van der Waals surface area contributed by atoms with Crippen molar-refractivity contribution in [1.82, 2.24) is 20.2 Å². The zero-order chi connectivity index (χ0) is 26.5. The van der Waals surface area contributed by atoms with Crippen LogP contribution in [0.4, 0.5) is 4.39 Å². The first kappa shape index (κ1) is 27.0. The van der Waals surface area contributed by atoms with E-state index in [9.17, 15) is 27.2 Å². The minimum absolute atomic E-state index is 0.0121. The average Bonchev–Trinajstić information content (AvgIpc) is 2.83. The molecule has 0 aliphatic heterocycles. The number of fused-ring (bicyclic) bond motifs is 1. The Hall–Kier alpha value is -3.64. The molecule has 3 aromatic rings. The van der Waals surface area contributed by atoms with Crippen molar-refractivity contribution in [3.63, 3.8) is 0 Å². The fourth-order valence-electron chi connectivity index (χ4n) is 3.45. The van der Waals surface area contributed by atoms with Gasteiger partial charge in [0.05, 0.1) is 22.4 Å². The Balaban J connectivity index is 1.68. The van der Waals surface area contributed by atoms with Crippen LogP contribution in [0.25, 0.3) is 10.8 Å². The largest absolute Gasteiger partial charge is 0.370 e. The van der Waals surface area contributed by atoms with E-state index >= 15 is 0 Å². The second kappa shape index (κ2) is 11.0. The van der Waals surface area contributed by atoms with Crippen LogP contribution < -0.4 is 21.3 Å². The van der Waals surface area contributed by atoms with Crippen LogP contribution in [0.5, 0.6) is 0 Å². The average molecular weight is 518 g/mol. The molecule has 0 radical (unpaired) electrons. The summed E-state index contributed by atoms with van der Waals surface area (Å²) in [5, 5.41) is 10.4. The second-order valence-electron chi connectivity index (χ2n) is 9.24. The molecule has 0 fully saturated rings. The SMILES string of the molecule is CC(C)(CNC(=O)c1cc(Cc2n[nH]c(=O)c3ccccc23)ccc1F)CNS(=O)(=O)CCC(N)=O. The molecule has 36 heavy (non-hydrogen) atoms. The second-order valence-corrected chi connectivity index (χ2v) is 11.2. The number of nitrogens with two attached hydrogens (primary N) is 1. The molecule has 0 spiro atoms. The van der Waals surface area contributed by atoms with Gasteiger partial charge in [0.15, 0.2) is 0 Å². The Morgan fingerprint density at radius 2 is 1.81 bits per heavy atom. The fourth-order valence-corrected chi connectivity index (χ4v) is 4.67. The van der Waals surface area contributed by atoms with Gasteiger partial charge in [-0.25, -0.2) is 22.6 Å². The zero-order valence-electron chi connectivity index (χ0n) is 19.9. The van der Waals surface area contributed by atoms with E-state index in [0.717, 1.165) is 0 Å². The van der Waals surface area contributed by atoms with Gasteiger partial charge in [-0.3, -0.25) is 14.4 Å². The number of benzene rings is 2. The van der Waals surface area contributed by atoms with Crippen molar-refractivity contribution in [2.75, 3.05) is 18.8 Å². The summed E-state index contributed by atoms with van der Waals surface area (Å²) in [7, 11) is -3.71. The predicted molar refractivity (Wildman–Crippen MR) is 133 cm³/mol. The first-order valence-electron chi connectivity index (χ1n) is 11.2. The number of hydrogen-bond acceptors (Lipinski definition) is 6. The maximum atomic E-state index is 14.5. The summed E-state index contributed by atoms with van der Waals surface area (Å²) in [6, 6.07) is 11.1. The zero-order valence-corrected chi connectivity index (χ0v) is 20.7. The van der Waals surface area contributed by atoms with E-state index in [4.69, 9.17) is 5.73 Å². The van der Waals surface area contributed by atoms with E-state index in [2.05, 4.69) is 20.2 Å². The molecule has 2 aromatic carbocycles. The van der Waals surface area contributed by atoms with Crippen LogP contribution in [-0.2, 0) is 21.2 Å². The van der Waals surface area contributed by atoms with Gasteiger partial charge in [-0.2, -0.15) is 5.10 Å². The van der Waals surface area contributed by atoms with Crippen molar-refractivity contribution in [2.24, 2.45) is 11.1 Å². The maximum absolute atomic E-state index is 14.5. The highest BCUT2D eigenvalue weighted by Crippen LogP contribution is 2.19. The van der Waals surface area contributed by atoms with Crippen molar-refractivity contribution < 1.29 is 22.4 Å². The number of primary amides is 1. The fraction of sp³-hybridized carbons (Fsp3) is 0.333. The summed E-state index contributed by atoms with van der Waals surface area (Å²) in [6.45, 7) is 3.50. The number of rotatable bonds is 11. The highest BCUT2D eigenvalue weighted by Gasteiger charge is 2.23. The summed E-state index contributed by atoms with van der Waals surface area (Å²) in [6.07, 6.45) is -0.0388. The number of aromatic nitrogens is 2. The maximum Gasteiger partial charge on any atom is 0.272 e. The molecule has 5 N–H and O–H groups in total. The van der Waals surface area contributed by atoms with Crippen LogP contribution in [-0.4, -0.2) is 49.3 Å². The molecule has 0 aliphatic rings. The number of nitrogens with one attached hydrogen (secondary N) is 3. The minimum Gasteiger partial charge on any atom is -0.370 e. The van der Waals surface area contributed by atoms with Crippen LogP contribution in [0.1, 0.15) is 41.9 Å². The Labute approximate surface area is 207 Å². The van der Waals surface area contributed by atoms with Gasteiger partial charge in [-0.05, 0) is 29.2 Å². The lowest BCUT2D eigenvalue weighted by molar-refractivity contribution is -0.117. The summed E-state index contributed by atoms with van der Waals surface area (Å²) in [5.74, 6) is -2.51. The Kier molecular flexibility index (Phi) is 8.21. The molecule has 0 saturated carbocycles. The number of nitrogens with zero attached hydrogens (tertiary/aromatic N) is 1. The van der Waals surface area contributed by atoms with E-state index in [0.29, 0.717) is 22.0 Å². The summed E-state index contributed by atoms with van der Waals surface area (Å²) < 4.78 is 40.9. The molecule has 1 heterocycles. The van der Waals surface area contributed by atoms with Crippen LogP contribution in [0, 0.1) is 11.2 Å². The van der Waals surface area contributed by atoms with E-state index in [1.165, 1.54) is 12.1 Å². The third-order valence-electron chi connectivity index (χ3n) is 5.54. The van der Waals surface area contributed by atoms with Gasteiger partial charge in [0, 0.05) is 31.3 Å². The van der Waals surface area contributed by atoms with Crippen LogP contribution in [0.2, 0.25) is 0 Å². The van der Waals surface area contributed by atoms with Crippen LogP contribution in [0.3, 0.4) is 0 Å². The molecular formula is C24H28FN5O5S. The molecule has 10 nitrogen and oxygen atoms in total. The minimum atomic E-state index is -3.71. The van der Waals surface area contributed by atoms with Crippen LogP contribution >= 0.6 is 0 Å². The van der Waals surface area contributed by atoms with Gasteiger partial charge < -0.3 is 11.1 Å². The van der Waals surface area contributed by atoms with Gasteiger partial charge in [0.25, 0.3) is 11.5 Å². The third-order valence-corrected chi connectivity index (χ3v) is 6.86. The molecule has 0 bridgehead atoms. The number of amides is 2. The standard InChI is InChI=1S/C24H28FN5O5S/c1-24(2,14-28-36(34,35)10-9-21(26)31)13-27-22(32)18-11-15(7-8-19(18)25)12-20-16-5-3-4-6-17(16)23(33)30-29-20/h3-8,11,28H,9-10,12-14H2,1-2H3,(H2,26,31)(H,27,32)(H,30,33). The first-order valence-corrected chi connectivity index (χ1v) is 12.8. The van der Waals surface area contributed by atoms with Crippen molar-refractivity contribution in [3.8, 4) is 0 Å². The number of carbonyl (C=O) groups excluding carboxylic acids is 2. The molecule has 0 atom stereocenters. The van der Waals surface area contributed by atoms with Crippen molar-refractivity contribution >= 4 is 32.6 Å². The molecule has 1 aromatic heterocycles. The molecule has 192 valence electrons. The lowest BCUT2D eigenvalue weighted by Gasteiger charge is -2.25. The van der Waals surface area contributed by atoms with Crippen molar-refractivity contribution in [3.05, 3.63) is 75.5 Å². The summed E-state index contributed by atoms with van der Waals surface area (Å²) in [4.78, 5) is 35.6. The summed E-state index contributed by atoms with van der Waals surface area (Å²) >= 11 is 0. The smallest absolute Gasteiger partial charge is 0.272 e. The van der Waals surface area contributed by atoms with Crippen molar-refractivity contribution in [2.45, 2.75) is 26.7 Å². The first-order chi connectivity index (χ1) is 16.9. The van der Waals surface area contributed by atoms with Gasteiger partial charge in [-0.1, -0.05) is 38.1 Å². The normalized spacial score (nSPS) is 12.0. The number of carbonyl (C=O) groups is 2. The molecule has 12 heteroatoms. The van der Waals surface area contributed by atoms with Gasteiger partial charge in [0.2, 0.25) is 15.9 Å². The molecule has 0 aliphatic carbocycles. The number of aromatic amines is 1. The van der Waals surface area contributed by atoms with E-state index < -0.39 is 38.8 Å². The Morgan fingerprint density at radius 3 is 2.50 bits per heavy atom. The Bertz CT molecular complexity index is 1450. The van der Waals surface area contributed by atoms with Gasteiger partial charge in [-0.15, -0.1) is 0 Å². The van der Waals surface area contributed by atoms with Gasteiger partial charge in [0.1, 0.15) is 5.82 Å². The van der Waals surface area contributed by atoms with E-state index in [-0.39, 0.29) is 37.1 Å². The van der Waals surface area contributed by atoms with E-state index in [1.807, 2.05) is 0 Å². The third kappa shape index (κ3) is 7.18. The summed E-state index contributed by atoms with van der Waals surface area (Å²) in [5.41, 5.74) is 5.00. The van der Waals surface area contributed by atoms with Gasteiger partial charge >= 0.3 is 0 Å². The molecule has 2 amide bonds. The number of hydrogen-bond donors (Lipinski definition) is 4. The highest BCUT2D eigenvalue weighted by molar-refractivity contribution is 7.89. The molecule has 0 unspecified atom stereocenters. The lowest BCUT2D eigenvalue weighted by Crippen LogP contribution is -2.43. The number of H-pyrrole nitrogens is 1.